The molecule has 31 heavy (non-hydrogen) atoms. The Hall–Kier alpha value is -0.0400. The van der Waals surface area contributed by atoms with Crippen LogP contribution in [0.3, 0.4) is 0 Å². The Labute approximate surface area is 192 Å². The van der Waals surface area contributed by atoms with Crippen LogP contribution in [-0.2, 0) is 4.74 Å². The molecule has 176 valence electrons. The number of epoxide rings is 1. The van der Waals surface area contributed by atoms with Gasteiger partial charge in [0.2, 0.25) is 0 Å². The van der Waals surface area contributed by atoms with Crippen LogP contribution in [0.1, 0.15) is 120 Å². The van der Waals surface area contributed by atoms with Crippen LogP contribution in [0, 0.1) is 56.7 Å². The van der Waals surface area contributed by atoms with Gasteiger partial charge in [-0.1, -0.05) is 48.5 Å². The summed E-state index contributed by atoms with van der Waals surface area (Å²) in [7, 11) is 0. The SMILES string of the molecule is CC(C)C1CCC2C1(C)CCC1(C)C3CCC4(C)C(CCC5OC54C)C3(C)CCC21C. The lowest BCUT2D eigenvalue weighted by Gasteiger charge is -2.73. The zero-order chi connectivity index (χ0) is 22.2. The molecule has 0 aromatic heterocycles. The average molecular weight is 427 g/mol. The number of hydrogen-bond acceptors (Lipinski definition) is 1. The molecule has 0 amide bonds. The van der Waals surface area contributed by atoms with E-state index in [4.69, 9.17) is 4.74 Å². The molecule has 0 spiro atoms. The molecule has 0 aromatic carbocycles. The largest absolute Gasteiger partial charge is 0.366 e. The Balaban J connectivity index is 1.38. The summed E-state index contributed by atoms with van der Waals surface area (Å²) in [5.41, 5.74) is 2.77. The summed E-state index contributed by atoms with van der Waals surface area (Å²) in [5, 5.41) is 0. The van der Waals surface area contributed by atoms with E-state index < -0.39 is 0 Å². The molecule has 0 bridgehead atoms. The number of hydrogen-bond donors (Lipinski definition) is 0. The maximum absolute atomic E-state index is 6.42. The van der Waals surface area contributed by atoms with Crippen molar-refractivity contribution in [2.45, 2.75) is 131 Å². The summed E-state index contributed by atoms with van der Waals surface area (Å²) in [6.45, 7) is 21.2. The second kappa shape index (κ2) is 5.95. The predicted molar refractivity (Wildman–Crippen MR) is 129 cm³/mol. The van der Waals surface area contributed by atoms with Gasteiger partial charge in [0, 0.05) is 5.41 Å². The topological polar surface area (TPSA) is 12.5 Å². The van der Waals surface area contributed by atoms with Gasteiger partial charge < -0.3 is 4.74 Å². The summed E-state index contributed by atoms with van der Waals surface area (Å²) in [6, 6.07) is 0. The Morgan fingerprint density at radius 2 is 1.13 bits per heavy atom. The van der Waals surface area contributed by atoms with Gasteiger partial charge in [0.05, 0.1) is 11.7 Å². The van der Waals surface area contributed by atoms with Crippen LogP contribution in [0.4, 0.5) is 0 Å². The summed E-state index contributed by atoms with van der Waals surface area (Å²) in [4.78, 5) is 0. The van der Waals surface area contributed by atoms with Crippen molar-refractivity contribution < 1.29 is 4.74 Å². The zero-order valence-electron chi connectivity index (χ0n) is 21.9. The molecule has 1 saturated heterocycles. The first-order chi connectivity index (χ1) is 14.4. The third kappa shape index (κ3) is 2.21. The first-order valence-electron chi connectivity index (χ1n) is 14.0. The maximum atomic E-state index is 6.42. The summed E-state index contributed by atoms with van der Waals surface area (Å²) in [6.07, 6.45) is 15.1. The van der Waals surface area contributed by atoms with Gasteiger partial charge in [-0.05, 0) is 122 Å². The van der Waals surface area contributed by atoms with Crippen molar-refractivity contribution in [2.75, 3.05) is 0 Å². The van der Waals surface area contributed by atoms with Crippen molar-refractivity contribution in [3.63, 3.8) is 0 Å². The van der Waals surface area contributed by atoms with Gasteiger partial charge in [-0.15, -0.1) is 0 Å². The van der Waals surface area contributed by atoms with Crippen LogP contribution in [-0.4, -0.2) is 11.7 Å². The number of fused-ring (bicyclic) bond motifs is 9. The van der Waals surface area contributed by atoms with E-state index in [-0.39, 0.29) is 5.60 Å². The highest BCUT2D eigenvalue weighted by Crippen LogP contribution is 2.80. The Morgan fingerprint density at radius 1 is 0.581 bits per heavy atom. The lowest BCUT2D eigenvalue weighted by atomic mass is 9.31. The van der Waals surface area contributed by atoms with Crippen LogP contribution < -0.4 is 0 Å². The first kappa shape index (κ1) is 21.5. The van der Waals surface area contributed by atoms with E-state index in [1.807, 2.05) is 0 Å². The molecule has 1 heteroatoms. The molecular formula is C30H50O. The maximum Gasteiger partial charge on any atom is 0.0976 e. The molecule has 6 rings (SSSR count). The normalized spacial score (nSPS) is 64.7. The molecule has 1 aliphatic heterocycles. The van der Waals surface area contributed by atoms with E-state index in [1.165, 1.54) is 64.2 Å². The van der Waals surface area contributed by atoms with Gasteiger partial charge in [-0.3, -0.25) is 0 Å². The molecule has 6 fully saturated rings. The summed E-state index contributed by atoms with van der Waals surface area (Å²) < 4.78 is 6.42. The van der Waals surface area contributed by atoms with Crippen molar-refractivity contribution in [1.82, 2.24) is 0 Å². The molecule has 0 radical (unpaired) electrons. The molecule has 0 aromatic rings. The average Bonchev–Trinajstić information content (AvgIpc) is 3.25. The van der Waals surface area contributed by atoms with Crippen LogP contribution in [0.5, 0.6) is 0 Å². The lowest BCUT2D eigenvalue weighted by Crippen LogP contribution is -2.67. The van der Waals surface area contributed by atoms with Crippen molar-refractivity contribution >= 4 is 0 Å². The molecule has 6 aliphatic rings. The molecule has 0 N–H and O–H groups in total. The minimum Gasteiger partial charge on any atom is -0.366 e. The summed E-state index contributed by atoms with van der Waals surface area (Å²) in [5.74, 6) is 4.53. The van der Waals surface area contributed by atoms with Crippen molar-refractivity contribution in [3.05, 3.63) is 0 Å². The molecule has 1 heterocycles. The van der Waals surface area contributed by atoms with Crippen LogP contribution in [0.15, 0.2) is 0 Å². The first-order valence-corrected chi connectivity index (χ1v) is 14.0. The quantitative estimate of drug-likeness (QED) is 0.384. The van der Waals surface area contributed by atoms with Crippen molar-refractivity contribution in [2.24, 2.45) is 56.7 Å². The van der Waals surface area contributed by atoms with Crippen LogP contribution in [0.25, 0.3) is 0 Å². The van der Waals surface area contributed by atoms with E-state index in [1.54, 1.807) is 0 Å². The third-order valence-corrected chi connectivity index (χ3v) is 14.5. The monoisotopic (exact) mass is 426 g/mol. The zero-order valence-corrected chi connectivity index (χ0v) is 21.9. The van der Waals surface area contributed by atoms with Crippen LogP contribution in [0.2, 0.25) is 0 Å². The highest BCUT2D eigenvalue weighted by molar-refractivity contribution is 5.24. The van der Waals surface area contributed by atoms with Crippen molar-refractivity contribution in [1.29, 1.82) is 0 Å². The van der Waals surface area contributed by atoms with E-state index in [2.05, 4.69) is 55.4 Å². The third-order valence-electron chi connectivity index (χ3n) is 14.5. The minimum absolute atomic E-state index is 0.187. The smallest absolute Gasteiger partial charge is 0.0976 e. The standard InChI is InChI=1S/C30H50O/c1-19(2)20-9-10-21-25(20,3)15-17-28(6)23-13-14-29(7)22(11-12-24-30(29,8)31-24)26(23,4)16-18-27(21,28)5/h19-24H,9-18H2,1-8H3. The predicted octanol–water partition coefficient (Wildman–Crippen LogP) is 8.27. The molecule has 5 aliphatic carbocycles. The van der Waals surface area contributed by atoms with Gasteiger partial charge in [0.1, 0.15) is 0 Å². The molecule has 1 nitrogen and oxygen atoms in total. The van der Waals surface area contributed by atoms with Gasteiger partial charge in [0.15, 0.2) is 0 Å². The van der Waals surface area contributed by atoms with E-state index in [0.717, 1.165) is 29.6 Å². The van der Waals surface area contributed by atoms with Gasteiger partial charge in [-0.2, -0.15) is 0 Å². The minimum atomic E-state index is 0.187. The second-order valence-corrected chi connectivity index (χ2v) is 15.2. The van der Waals surface area contributed by atoms with E-state index >= 15 is 0 Å². The van der Waals surface area contributed by atoms with Gasteiger partial charge >= 0.3 is 0 Å². The second-order valence-electron chi connectivity index (χ2n) is 15.2. The van der Waals surface area contributed by atoms with Gasteiger partial charge in [0.25, 0.3) is 0 Å². The Kier molecular flexibility index (Phi) is 4.13. The van der Waals surface area contributed by atoms with Crippen LogP contribution >= 0.6 is 0 Å². The highest BCUT2D eigenvalue weighted by Gasteiger charge is 2.76. The van der Waals surface area contributed by atoms with E-state index in [0.29, 0.717) is 33.2 Å². The molecule has 11 unspecified atom stereocenters. The fraction of sp³-hybridized carbons (Fsp3) is 1.00. The number of rotatable bonds is 1. The molecule has 11 atom stereocenters. The Bertz CT molecular complexity index is 787. The van der Waals surface area contributed by atoms with Gasteiger partial charge in [-0.25, -0.2) is 0 Å². The fourth-order valence-electron chi connectivity index (χ4n) is 12.5. The molecule has 5 saturated carbocycles. The van der Waals surface area contributed by atoms with E-state index in [9.17, 15) is 0 Å². The number of ether oxygens (including phenoxy) is 1. The van der Waals surface area contributed by atoms with Crippen molar-refractivity contribution in [3.8, 4) is 0 Å². The Morgan fingerprint density at radius 3 is 1.77 bits per heavy atom. The lowest BCUT2D eigenvalue weighted by molar-refractivity contribution is -0.245. The fourth-order valence-corrected chi connectivity index (χ4v) is 12.5. The molecular weight excluding hydrogens is 376 g/mol. The summed E-state index contributed by atoms with van der Waals surface area (Å²) >= 11 is 0. The highest BCUT2D eigenvalue weighted by atomic mass is 16.6.